The number of hydrogen-bond acceptors (Lipinski definition) is 7. The normalized spacial score (nSPS) is 24.8. The van der Waals surface area contributed by atoms with E-state index in [1.807, 2.05) is 13.1 Å². The predicted molar refractivity (Wildman–Crippen MR) is 172 cm³/mol. The van der Waals surface area contributed by atoms with Gasteiger partial charge in [0, 0.05) is 35.1 Å². The van der Waals surface area contributed by atoms with Crippen molar-refractivity contribution in [2.75, 3.05) is 31.6 Å². The summed E-state index contributed by atoms with van der Waals surface area (Å²) in [4.78, 5) is 15.5. The Morgan fingerprint density at radius 3 is 2.67 bits per heavy atom. The number of aliphatic hydroxyl groups is 1. The molecule has 0 unspecified atom stereocenters. The standard InChI is InChI=1S/C33H46ClN3O5S/c1-5-26(35-4)17-30(38)27-11-8-24(27)18-37-19-33(14-6-7-22-15-25(34)10-12-28(22)33)20-42-31-13-9-23(16-29(31)37)32(39)36-43(40,41)21(2)3/h9-10,12-13,15-16,21,24,26-27,30,35,38H,5-8,11,14,17-20H2,1-4H3,(H,36,39)/t24-,26-,27+,30-,33-/m0/s1. The molecule has 10 heteroatoms. The summed E-state index contributed by atoms with van der Waals surface area (Å²) >= 11 is 6.40. The summed E-state index contributed by atoms with van der Waals surface area (Å²) in [6, 6.07) is 11.6. The summed E-state index contributed by atoms with van der Waals surface area (Å²) in [6.07, 6.45) is 6.27. The number of carbonyl (C=O) groups is 1. The Labute approximate surface area is 261 Å². The fourth-order valence-corrected chi connectivity index (χ4v) is 7.93. The molecule has 2 aliphatic carbocycles. The number of benzene rings is 2. The minimum absolute atomic E-state index is 0.200. The van der Waals surface area contributed by atoms with Gasteiger partial charge in [0.1, 0.15) is 5.75 Å². The Balaban J connectivity index is 1.49. The van der Waals surface area contributed by atoms with Crippen LogP contribution >= 0.6 is 11.6 Å². The van der Waals surface area contributed by atoms with Gasteiger partial charge in [-0.3, -0.25) is 4.79 Å². The third-order valence-corrected chi connectivity index (χ3v) is 12.0. The van der Waals surface area contributed by atoms with Gasteiger partial charge in [0.2, 0.25) is 10.0 Å². The molecule has 5 rings (SSSR count). The van der Waals surface area contributed by atoms with Gasteiger partial charge >= 0.3 is 0 Å². The van der Waals surface area contributed by atoms with Crippen molar-refractivity contribution >= 4 is 33.2 Å². The molecule has 1 aliphatic heterocycles. The zero-order chi connectivity index (χ0) is 30.9. The molecule has 0 radical (unpaired) electrons. The minimum atomic E-state index is -3.78. The fraction of sp³-hybridized carbons (Fsp3) is 0.606. The van der Waals surface area contributed by atoms with Crippen LogP contribution in [-0.4, -0.2) is 63.6 Å². The lowest BCUT2D eigenvalue weighted by atomic mass is 9.68. The molecule has 0 saturated heterocycles. The highest BCUT2D eigenvalue weighted by atomic mass is 35.5. The molecule has 2 aromatic rings. The van der Waals surface area contributed by atoms with Gasteiger partial charge in [0.05, 0.1) is 23.6 Å². The minimum Gasteiger partial charge on any atom is -0.490 e. The van der Waals surface area contributed by atoms with Crippen molar-refractivity contribution in [3.63, 3.8) is 0 Å². The smallest absolute Gasteiger partial charge is 0.264 e. The van der Waals surface area contributed by atoms with Crippen LogP contribution in [0.2, 0.25) is 5.02 Å². The molecule has 236 valence electrons. The molecular formula is C33H46ClN3O5S. The number of hydrogen-bond donors (Lipinski definition) is 3. The first-order valence-electron chi connectivity index (χ1n) is 15.7. The van der Waals surface area contributed by atoms with Crippen molar-refractivity contribution in [1.82, 2.24) is 10.0 Å². The van der Waals surface area contributed by atoms with Crippen molar-refractivity contribution in [3.05, 3.63) is 58.1 Å². The van der Waals surface area contributed by atoms with Crippen LogP contribution in [0, 0.1) is 11.8 Å². The van der Waals surface area contributed by atoms with E-state index in [0.717, 1.165) is 55.7 Å². The zero-order valence-corrected chi connectivity index (χ0v) is 27.3. The van der Waals surface area contributed by atoms with Crippen molar-refractivity contribution in [3.8, 4) is 5.75 Å². The largest absolute Gasteiger partial charge is 0.490 e. The van der Waals surface area contributed by atoms with E-state index in [-0.39, 0.29) is 29.0 Å². The predicted octanol–water partition coefficient (Wildman–Crippen LogP) is 5.06. The van der Waals surface area contributed by atoms with E-state index in [4.69, 9.17) is 16.3 Å². The van der Waals surface area contributed by atoms with Crippen LogP contribution in [0.5, 0.6) is 5.75 Å². The average molecular weight is 632 g/mol. The van der Waals surface area contributed by atoms with E-state index < -0.39 is 21.2 Å². The van der Waals surface area contributed by atoms with Gasteiger partial charge in [-0.05, 0) is 119 Å². The molecule has 1 heterocycles. The van der Waals surface area contributed by atoms with E-state index in [1.165, 1.54) is 11.1 Å². The number of sulfonamides is 1. The van der Waals surface area contributed by atoms with Crippen molar-refractivity contribution < 1.29 is 23.1 Å². The van der Waals surface area contributed by atoms with E-state index in [2.05, 4.69) is 34.0 Å². The molecule has 2 aromatic carbocycles. The quantitative estimate of drug-likeness (QED) is 0.337. The summed E-state index contributed by atoms with van der Waals surface area (Å²) in [5, 5.41) is 14.5. The Morgan fingerprint density at radius 2 is 2.00 bits per heavy atom. The molecular weight excluding hydrogens is 586 g/mol. The highest BCUT2D eigenvalue weighted by Gasteiger charge is 2.44. The molecule has 0 bridgehead atoms. The average Bonchev–Trinajstić information content (AvgIpc) is 3.10. The Bertz CT molecular complexity index is 1430. The highest BCUT2D eigenvalue weighted by molar-refractivity contribution is 7.90. The number of nitrogens with zero attached hydrogens (tertiary/aromatic N) is 1. The molecule has 1 amide bonds. The van der Waals surface area contributed by atoms with Crippen LogP contribution < -0.4 is 19.7 Å². The van der Waals surface area contributed by atoms with Gasteiger partial charge in [0.25, 0.3) is 5.91 Å². The summed E-state index contributed by atoms with van der Waals surface area (Å²) in [6.45, 7) is 7.12. The summed E-state index contributed by atoms with van der Waals surface area (Å²) < 4.78 is 33.7. The number of nitrogens with one attached hydrogen (secondary N) is 2. The van der Waals surface area contributed by atoms with Gasteiger partial charge < -0.3 is 20.1 Å². The number of fused-ring (bicyclic) bond motifs is 3. The third kappa shape index (κ3) is 6.70. The van der Waals surface area contributed by atoms with Crippen LogP contribution in [-0.2, 0) is 21.9 Å². The number of ether oxygens (including phenoxy) is 1. The number of halogens is 1. The number of aryl methyl sites for hydroxylation is 1. The highest BCUT2D eigenvalue weighted by Crippen LogP contribution is 2.47. The van der Waals surface area contributed by atoms with Gasteiger partial charge in [-0.1, -0.05) is 24.6 Å². The van der Waals surface area contributed by atoms with E-state index in [0.29, 0.717) is 31.4 Å². The van der Waals surface area contributed by atoms with E-state index in [1.54, 1.807) is 32.0 Å². The lowest BCUT2D eigenvalue weighted by Crippen LogP contribution is -2.50. The fourth-order valence-electron chi connectivity index (χ4n) is 7.13. The second-order valence-electron chi connectivity index (χ2n) is 13.0. The van der Waals surface area contributed by atoms with Crippen molar-refractivity contribution in [2.24, 2.45) is 11.8 Å². The number of carbonyl (C=O) groups excluding carboxylic acids is 1. The Morgan fingerprint density at radius 1 is 1.21 bits per heavy atom. The van der Waals surface area contributed by atoms with Gasteiger partial charge in [0.15, 0.2) is 0 Å². The third-order valence-electron chi connectivity index (χ3n) is 10.0. The number of rotatable bonds is 10. The molecule has 43 heavy (non-hydrogen) atoms. The summed E-state index contributed by atoms with van der Waals surface area (Å²) in [5.41, 5.74) is 3.30. The number of anilines is 1. The van der Waals surface area contributed by atoms with Crippen molar-refractivity contribution in [1.29, 1.82) is 0 Å². The second-order valence-corrected chi connectivity index (χ2v) is 15.7. The molecule has 1 saturated carbocycles. The number of amides is 1. The summed E-state index contributed by atoms with van der Waals surface area (Å²) in [7, 11) is -1.83. The van der Waals surface area contributed by atoms with E-state index in [9.17, 15) is 18.3 Å². The van der Waals surface area contributed by atoms with Crippen LogP contribution in [0.4, 0.5) is 5.69 Å². The lowest BCUT2D eigenvalue weighted by Gasteiger charge is -2.46. The lowest BCUT2D eigenvalue weighted by molar-refractivity contribution is 0.00466. The first-order valence-corrected chi connectivity index (χ1v) is 17.6. The first-order chi connectivity index (χ1) is 20.5. The molecule has 0 aromatic heterocycles. The molecule has 3 aliphatic rings. The van der Waals surface area contributed by atoms with Crippen LogP contribution in [0.3, 0.4) is 0 Å². The Kier molecular flexibility index (Phi) is 9.66. The maximum Gasteiger partial charge on any atom is 0.264 e. The molecule has 3 N–H and O–H groups in total. The first kappa shape index (κ1) is 32.1. The van der Waals surface area contributed by atoms with Crippen LogP contribution in [0.15, 0.2) is 36.4 Å². The molecule has 8 nitrogen and oxygen atoms in total. The molecule has 5 atom stereocenters. The topological polar surface area (TPSA) is 108 Å². The van der Waals surface area contributed by atoms with Crippen molar-refractivity contribution in [2.45, 2.75) is 88.5 Å². The monoisotopic (exact) mass is 631 g/mol. The number of aliphatic hydroxyl groups excluding tert-OH is 1. The van der Waals surface area contributed by atoms with Crippen LogP contribution in [0.1, 0.15) is 80.8 Å². The van der Waals surface area contributed by atoms with Gasteiger partial charge in [-0.15, -0.1) is 0 Å². The SMILES string of the molecule is CC[C@@H](C[C@H](O)[C@@H]1CC[C@H]1CN1C[C@@]2(CCCc3cc(Cl)ccc32)COc2ccc(C(=O)NS(=O)(=O)C(C)C)cc21)NC. The van der Waals surface area contributed by atoms with Gasteiger partial charge in [-0.25, -0.2) is 13.1 Å². The maximum atomic E-state index is 13.1. The second kappa shape index (κ2) is 13.0. The Hall–Kier alpha value is -2.33. The zero-order valence-electron chi connectivity index (χ0n) is 25.7. The van der Waals surface area contributed by atoms with E-state index >= 15 is 0 Å². The molecule has 1 spiro atoms. The van der Waals surface area contributed by atoms with Crippen LogP contribution in [0.25, 0.3) is 0 Å². The maximum absolute atomic E-state index is 13.1. The van der Waals surface area contributed by atoms with Gasteiger partial charge in [-0.2, -0.15) is 0 Å². The summed E-state index contributed by atoms with van der Waals surface area (Å²) in [5.74, 6) is 0.520. The molecule has 1 fully saturated rings.